The smallest absolute Gasteiger partial charge is 0.315 e. The Morgan fingerprint density at radius 1 is 1.44 bits per heavy atom. The number of hydrogen-bond donors (Lipinski definition) is 2. The molecule has 0 spiro atoms. The van der Waals surface area contributed by atoms with Crippen molar-refractivity contribution in [2.45, 2.75) is 33.2 Å². The van der Waals surface area contributed by atoms with Crippen LogP contribution in [-0.2, 0) is 6.54 Å². The number of aromatic nitrogens is 2. The molecule has 1 aliphatic rings. The Labute approximate surface area is 96.0 Å². The van der Waals surface area contributed by atoms with Crippen molar-refractivity contribution >= 4 is 6.01 Å². The van der Waals surface area contributed by atoms with Gasteiger partial charge in [0.1, 0.15) is 0 Å². The van der Waals surface area contributed by atoms with E-state index in [1.807, 2.05) is 0 Å². The van der Waals surface area contributed by atoms with Gasteiger partial charge in [0.15, 0.2) is 0 Å². The van der Waals surface area contributed by atoms with Crippen LogP contribution in [0.15, 0.2) is 4.42 Å². The standard InChI is InChI=1S/C11H20N4O/c1-3-4-12-7-10-14-15-11(16-10)13-6-9-5-8(9)2/h8-9,12H,3-7H2,1-2H3,(H,13,15). The van der Waals surface area contributed by atoms with E-state index in [0.717, 1.165) is 31.3 Å². The maximum Gasteiger partial charge on any atom is 0.315 e. The molecule has 0 radical (unpaired) electrons. The van der Waals surface area contributed by atoms with Crippen LogP contribution in [0.2, 0.25) is 0 Å². The Morgan fingerprint density at radius 3 is 2.94 bits per heavy atom. The lowest BCUT2D eigenvalue weighted by Crippen LogP contribution is -2.13. The summed E-state index contributed by atoms with van der Waals surface area (Å²) in [4.78, 5) is 0. The minimum atomic E-state index is 0.549. The van der Waals surface area contributed by atoms with Crippen molar-refractivity contribution in [3.05, 3.63) is 5.89 Å². The van der Waals surface area contributed by atoms with Crippen LogP contribution in [0, 0.1) is 11.8 Å². The van der Waals surface area contributed by atoms with E-state index >= 15 is 0 Å². The number of nitrogens with one attached hydrogen (secondary N) is 2. The van der Waals surface area contributed by atoms with Crippen LogP contribution in [-0.4, -0.2) is 23.3 Å². The summed E-state index contributed by atoms with van der Waals surface area (Å²) in [6.45, 7) is 6.98. The average Bonchev–Trinajstić information content (AvgIpc) is 2.79. The highest BCUT2D eigenvalue weighted by atomic mass is 16.4. The summed E-state index contributed by atoms with van der Waals surface area (Å²) in [6, 6.07) is 0.549. The minimum Gasteiger partial charge on any atom is -0.407 e. The average molecular weight is 224 g/mol. The molecule has 90 valence electrons. The molecule has 2 N–H and O–H groups in total. The van der Waals surface area contributed by atoms with E-state index in [-0.39, 0.29) is 0 Å². The molecule has 1 heterocycles. The van der Waals surface area contributed by atoms with Crippen molar-refractivity contribution in [2.24, 2.45) is 11.8 Å². The molecule has 0 aliphatic heterocycles. The van der Waals surface area contributed by atoms with Crippen LogP contribution < -0.4 is 10.6 Å². The Bertz CT molecular complexity index is 326. The molecule has 1 aliphatic carbocycles. The quantitative estimate of drug-likeness (QED) is 0.689. The van der Waals surface area contributed by atoms with Crippen molar-refractivity contribution in [3.63, 3.8) is 0 Å². The van der Waals surface area contributed by atoms with Gasteiger partial charge in [0.25, 0.3) is 0 Å². The molecule has 5 heteroatoms. The van der Waals surface area contributed by atoms with Gasteiger partial charge in [-0.25, -0.2) is 0 Å². The second kappa shape index (κ2) is 5.30. The molecule has 0 amide bonds. The van der Waals surface area contributed by atoms with Gasteiger partial charge in [-0.1, -0.05) is 18.9 Å². The van der Waals surface area contributed by atoms with Crippen molar-refractivity contribution in [3.8, 4) is 0 Å². The summed E-state index contributed by atoms with van der Waals surface area (Å²) in [5.74, 6) is 2.29. The van der Waals surface area contributed by atoms with E-state index in [1.165, 1.54) is 6.42 Å². The van der Waals surface area contributed by atoms with Gasteiger partial charge in [-0.15, -0.1) is 5.10 Å². The normalized spacial score (nSPS) is 23.4. The van der Waals surface area contributed by atoms with Crippen molar-refractivity contribution in [2.75, 3.05) is 18.4 Å². The molecule has 2 unspecified atom stereocenters. The monoisotopic (exact) mass is 224 g/mol. The molecule has 1 aromatic rings. The Morgan fingerprint density at radius 2 is 2.25 bits per heavy atom. The lowest BCUT2D eigenvalue weighted by atomic mass is 10.3. The molecular formula is C11H20N4O. The highest BCUT2D eigenvalue weighted by Gasteiger charge is 2.32. The zero-order valence-electron chi connectivity index (χ0n) is 9.99. The fourth-order valence-corrected chi connectivity index (χ4v) is 1.67. The first kappa shape index (κ1) is 11.4. The summed E-state index contributed by atoms with van der Waals surface area (Å²) < 4.78 is 5.45. The van der Waals surface area contributed by atoms with Crippen LogP contribution in [0.1, 0.15) is 32.6 Å². The topological polar surface area (TPSA) is 63.0 Å². The van der Waals surface area contributed by atoms with Gasteiger partial charge >= 0.3 is 6.01 Å². The van der Waals surface area contributed by atoms with Gasteiger partial charge in [-0.3, -0.25) is 0 Å². The van der Waals surface area contributed by atoms with Gasteiger partial charge in [-0.05, 0) is 31.2 Å². The molecule has 5 nitrogen and oxygen atoms in total. The van der Waals surface area contributed by atoms with Crippen LogP contribution in [0.3, 0.4) is 0 Å². The summed E-state index contributed by atoms with van der Waals surface area (Å²) >= 11 is 0. The van der Waals surface area contributed by atoms with Crippen LogP contribution in [0.5, 0.6) is 0 Å². The molecule has 1 saturated carbocycles. The van der Waals surface area contributed by atoms with Crippen molar-refractivity contribution < 1.29 is 4.42 Å². The maximum absolute atomic E-state index is 5.45. The number of anilines is 1. The lowest BCUT2D eigenvalue weighted by molar-refractivity contribution is 0.476. The van der Waals surface area contributed by atoms with E-state index < -0.39 is 0 Å². The largest absolute Gasteiger partial charge is 0.407 e. The third-order valence-corrected chi connectivity index (χ3v) is 2.96. The fourth-order valence-electron chi connectivity index (χ4n) is 1.67. The number of hydrogen-bond acceptors (Lipinski definition) is 5. The van der Waals surface area contributed by atoms with Crippen molar-refractivity contribution in [1.29, 1.82) is 0 Å². The zero-order valence-corrected chi connectivity index (χ0v) is 9.99. The molecule has 0 saturated heterocycles. The van der Waals surface area contributed by atoms with Gasteiger partial charge in [-0.2, -0.15) is 0 Å². The minimum absolute atomic E-state index is 0.549. The second-order valence-corrected chi connectivity index (χ2v) is 4.53. The lowest BCUT2D eigenvalue weighted by Gasteiger charge is -1.98. The molecule has 0 aromatic carbocycles. The van der Waals surface area contributed by atoms with E-state index in [4.69, 9.17) is 4.42 Å². The first-order valence-corrected chi connectivity index (χ1v) is 6.06. The molecule has 2 rings (SSSR count). The summed E-state index contributed by atoms with van der Waals surface area (Å²) in [7, 11) is 0. The Kier molecular flexibility index (Phi) is 3.77. The Hall–Kier alpha value is -1.10. The summed E-state index contributed by atoms with van der Waals surface area (Å²) in [5.41, 5.74) is 0. The highest BCUT2D eigenvalue weighted by Crippen LogP contribution is 2.37. The Balaban J connectivity index is 1.69. The fraction of sp³-hybridized carbons (Fsp3) is 0.818. The first-order chi connectivity index (χ1) is 7.79. The number of nitrogens with zero attached hydrogens (tertiary/aromatic N) is 2. The van der Waals surface area contributed by atoms with E-state index in [0.29, 0.717) is 18.5 Å². The first-order valence-electron chi connectivity index (χ1n) is 6.06. The third kappa shape index (κ3) is 3.20. The SMILES string of the molecule is CCCNCc1nnc(NCC2CC2C)o1. The molecule has 1 fully saturated rings. The van der Waals surface area contributed by atoms with Crippen LogP contribution >= 0.6 is 0 Å². The van der Waals surface area contributed by atoms with E-state index in [2.05, 4.69) is 34.7 Å². The molecule has 16 heavy (non-hydrogen) atoms. The summed E-state index contributed by atoms with van der Waals surface area (Å²) in [6.07, 6.45) is 2.42. The molecule has 2 atom stereocenters. The van der Waals surface area contributed by atoms with Gasteiger partial charge in [0.2, 0.25) is 5.89 Å². The van der Waals surface area contributed by atoms with Gasteiger partial charge in [0.05, 0.1) is 6.54 Å². The maximum atomic E-state index is 5.45. The molecular weight excluding hydrogens is 204 g/mol. The zero-order chi connectivity index (χ0) is 11.4. The van der Waals surface area contributed by atoms with Gasteiger partial charge in [0, 0.05) is 6.54 Å². The van der Waals surface area contributed by atoms with Crippen LogP contribution in [0.25, 0.3) is 0 Å². The predicted molar refractivity (Wildman–Crippen MR) is 62.1 cm³/mol. The molecule has 1 aromatic heterocycles. The highest BCUT2D eigenvalue weighted by molar-refractivity contribution is 5.17. The van der Waals surface area contributed by atoms with Gasteiger partial charge < -0.3 is 15.1 Å². The van der Waals surface area contributed by atoms with Crippen molar-refractivity contribution in [1.82, 2.24) is 15.5 Å². The van der Waals surface area contributed by atoms with E-state index in [1.54, 1.807) is 0 Å². The molecule has 0 bridgehead atoms. The number of rotatable bonds is 7. The predicted octanol–water partition coefficient (Wildman–Crippen LogP) is 1.64. The third-order valence-electron chi connectivity index (χ3n) is 2.96. The summed E-state index contributed by atoms with van der Waals surface area (Å²) in [5, 5.41) is 14.3. The van der Waals surface area contributed by atoms with Crippen LogP contribution in [0.4, 0.5) is 6.01 Å². The second-order valence-electron chi connectivity index (χ2n) is 4.53. The van der Waals surface area contributed by atoms with E-state index in [9.17, 15) is 0 Å².